The van der Waals surface area contributed by atoms with Crippen molar-refractivity contribution >= 4 is 5.91 Å². The second kappa shape index (κ2) is 6.61. The van der Waals surface area contributed by atoms with Gasteiger partial charge in [-0.25, -0.2) is 0 Å². The summed E-state index contributed by atoms with van der Waals surface area (Å²) in [6, 6.07) is 8.23. The molecule has 2 rings (SSSR count). The molecule has 21 heavy (non-hydrogen) atoms. The first-order valence-electron chi connectivity index (χ1n) is 7.97. The highest BCUT2D eigenvalue weighted by Crippen LogP contribution is 2.30. The Labute approximate surface area is 128 Å². The van der Waals surface area contributed by atoms with Gasteiger partial charge in [-0.15, -0.1) is 0 Å². The molecule has 1 heterocycles. The van der Waals surface area contributed by atoms with Gasteiger partial charge in [0.05, 0.1) is 5.41 Å². The predicted molar refractivity (Wildman–Crippen MR) is 87.4 cm³/mol. The smallest absolute Gasteiger partial charge is 0.232 e. The van der Waals surface area contributed by atoms with E-state index in [2.05, 4.69) is 43.1 Å². The molecule has 3 heteroatoms. The van der Waals surface area contributed by atoms with Crippen molar-refractivity contribution < 1.29 is 4.79 Å². The third-order valence-electron chi connectivity index (χ3n) is 4.65. The first kappa shape index (κ1) is 16.0. The maximum absolute atomic E-state index is 13.0. The van der Waals surface area contributed by atoms with Crippen LogP contribution in [-0.4, -0.2) is 37.5 Å². The molecule has 0 aromatic heterocycles. The van der Waals surface area contributed by atoms with E-state index in [1.165, 1.54) is 12.0 Å². The van der Waals surface area contributed by atoms with Crippen LogP contribution in [0, 0.1) is 12.8 Å². The van der Waals surface area contributed by atoms with E-state index in [1.807, 2.05) is 19.2 Å². The predicted octanol–water partition coefficient (Wildman–Crippen LogP) is 2.73. The summed E-state index contributed by atoms with van der Waals surface area (Å²) in [5, 5.41) is 3.24. The van der Waals surface area contributed by atoms with Crippen LogP contribution in [0.1, 0.15) is 37.8 Å². The monoisotopic (exact) mass is 288 g/mol. The fourth-order valence-corrected chi connectivity index (χ4v) is 3.49. The number of hydrogen-bond acceptors (Lipinski definition) is 2. The molecule has 0 aliphatic carbocycles. The summed E-state index contributed by atoms with van der Waals surface area (Å²) in [6.45, 7) is 8.97. The fraction of sp³-hybridized carbons (Fsp3) is 0.611. The summed E-state index contributed by atoms with van der Waals surface area (Å²) in [6.07, 6.45) is 2.33. The van der Waals surface area contributed by atoms with E-state index in [0.717, 1.165) is 31.6 Å². The zero-order valence-electron chi connectivity index (χ0n) is 13.8. The van der Waals surface area contributed by atoms with Crippen molar-refractivity contribution in [2.24, 2.45) is 5.92 Å². The quantitative estimate of drug-likeness (QED) is 0.924. The Hall–Kier alpha value is -1.35. The SMILES string of the molecule is CNC[C@H]1CCCN(C(=O)C(C)(C)c2ccccc2C)C1. The van der Waals surface area contributed by atoms with Crippen LogP contribution in [-0.2, 0) is 10.2 Å². The zero-order chi connectivity index (χ0) is 15.5. The van der Waals surface area contributed by atoms with E-state index in [0.29, 0.717) is 5.92 Å². The summed E-state index contributed by atoms with van der Waals surface area (Å²) in [4.78, 5) is 15.1. The summed E-state index contributed by atoms with van der Waals surface area (Å²) in [7, 11) is 1.98. The van der Waals surface area contributed by atoms with Gasteiger partial charge in [0.2, 0.25) is 5.91 Å². The van der Waals surface area contributed by atoms with Crippen LogP contribution < -0.4 is 5.32 Å². The van der Waals surface area contributed by atoms with Crippen molar-refractivity contribution in [3.8, 4) is 0 Å². The second-order valence-electron chi connectivity index (χ2n) is 6.76. The molecule has 1 aromatic carbocycles. The third kappa shape index (κ3) is 3.46. The van der Waals surface area contributed by atoms with E-state index >= 15 is 0 Å². The lowest BCUT2D eigenvalue weighted by Gasteiger charge is -2.38. The molecule has 1 saturated heterocycles. The van der Waals surface area contributed by atoms with E-state index in [1.54, 1.807) is 0 Å². The fourth-order valence-electron chi connectivity index (χ4n) is 3.49. The molecule has 0 unspecified atom stereocenters. The standard InChI is InChI=1S/C18H28N2O/c1-14-8-5-6-10-16(14)18(2,3)17(21)20-11-7-9-15(13-20)12-19-4/h5-6,8,10,15,19H,7,9,11-13H2,1-4H3/t15-/m1/s1. The summed E-state index contributed by atoms with van der Waals surface area (Å²) in [5.74, 6) is 0.845. The number of rotatable bonds is 4. The van der Waals surface area contributed by atoms with Gasteiger partial charge in [0.1, 0.15) is 0 Å². The highest BCUT2D eigenvalue weighted by Gasteiger charge is 2.36. The lowest BCUT2D eigenvalue weighted by Crippen LogP contribution is -2.49. The number of nitrogens with one attached hydrogen (secondary N) is 1. The minimum atomic E-state index is -0.452. The highest BCUT2D eigenvalue weighted by atomic mass is 16.2. The van der Waals surface area contributed by atoms with Gasteiger partial charge in [-0.05, 0) is 64.3 Å². The van der Waals surface area contributed by atoms with Crippen LogP contribution in [0.4, 0.5) is 0 Å². The number of carbonyl (C=O) groups is 1. The number of benzene rings is 1. The Kier molecular flexibility index (Phi) is 5.04. The van der Waals surface area contributed by atoms with Crippen molar-refractivity contribution in [3.05, 3.63) is 35.4 Å². The Morgan fingerprint density at radius 1 is 1.38 bits per heavy atom. The lowest BCUT2D eigenvalue weighted by atomic mass is 9.80. The maximum atomic E-state index is 13.0. The molecule has 1 fully saturated rings. The largest absolute Gasteiger partial charge is 0.342 e. The van der Waals surface area contributed by atoms with Gasteiger partial charge in [0.15, 0.2) is 0 Å². The average molecular weight is 288 g/mol. The normalized spacial score (nSPS) is 19.6. The van der Waals surface area contributed by atoms with E-state index in [4.69, 9.17) is 0 Å². The van der Waals surface area contributed by atoms with Crippen LogP contribution in [0.25, 0.3) is 0 Å². The van der Waals surface area contributed by atoms with Crippen LogP contribution in [0.15, 0.2) is 24.3 Å². The van der Waals surface area contributed by atoms with E-state index in [-0.39, 0.29) is 5.91 Å². The first-order chi connectivity index (χ1) is 9.96. The summed E-state index contributed by atoms with van der Waals surface area (Å²) in [5.41, 5.74) is 1.89. The van der Waals surface area contributed by atoms with Crippen molar-refractivity contribution in [3.63, 3.8) is 0 Å². The molecule has 1 aliphatic heterocycles. The number of nitrogens with zero attached hydrogens (tertiary/aromatic N) is 1. The van der Waals surface area contributed by atoms with Crippen LogP contribution in [0.5, 0.6) is 0 Å². The minimum Gasteiger partial charge on any atom is -0.342 e. The first-order valence-corrected chi connectivity index (χ1v) is 7.97. The summed E-state index contributed by atoms with van der Waals surface area (Å²) < 4.78 is 0. The Morgan fingerprint density at radius 3 is 2.76 bits per heavy atom. The molecule has 1 amide bonds. The Bertz CT molecular complexity index is 494. The molecule has 0 radical (unpaired) electrons. The Balaban J connectivity index is 2.16. The van der Waals surface area contributed by atoms with Crippen molar-refractivity contribution in [2.75, 3.05) is 26.7 Å². The van der Waals surface area contributed by atoms with Gasteiger partial charge in [-0.1, -0.05) is 24.3 Å². The molecule has 116 valence electrons. The molecular formula is C18H28N2O. The second-order valence-corrected chi connectivity index (χ2v) is 6.76. The minimum absolute atomic E-state index is 0.262. The number of hydrogen-bond donors (Lipinski definition) is 1. The van der Waals surface area contributed by atoms with Crippen molar-refractivity contribution in [1.82, 2.24) is 10.2 Å². The van der Waals surface area contributed by atoms with Crippen molar-refractivity contribution in [2.45, 2.75) is 39.0 Å². The number of piperidine rings is 1. The molecular weight excluding hydrogens is 260 g/mol. The molecule has 0 saturated carbocycles. The van der Waals surface area contributed by atoms with Crippen LogP contribution in [0.3, 0.4) is 0 Å². The summed E-state index contributed by atoms with van der Waals surface area (Å²) >= 11 is 0. The molecule has 0 spiro atoms. The molecule has 1 N–H and O–H groups in total. The van der Waals surface area contributed by atoms with Gasteiger partial charge in [0, 0.05) is 13.1 Å². The lowest BCUT2D eigenvalue weighted by molar-refractivity contribution is -0.138. The van der Waals surface area contributed by atoms with Gasteiger partial charge >= 0.3 is 0 Å². The zero-order valence-corrected chi connectivity index (χ0v) is 13.8. The molecule has 3 nitrogen and oxygen atoms in total. The van der Waals surface area contributed by atoms with Crippen LogP contribution in [0.2, 0.25) is 0 Å². The average Bonchev–Trinajstić information content (AvgIpc) is 2.47. The maximum Gasteiger partial charge on any atom is 0.232 e. The molecule has 1 atom stereocenters. The van der Waals surface area contributed by atoms with Gasteiger partial charge < -0.3 is 10.2 Å². The van der Waals surface area contributed by atoms with Gasteiger partial charge in [-0.2, -0.15) is 0 Å². The number of likely N-dealkylation sites (tertiary alicyclic amines) is 1. The van der Waals surface area contributed by atoms with Gasteiger partial charge in [-0.3, -0.25) is 4.79 Å². The number of amides is 1. The van der Waals surface area contributed by atoms with Crippen LogP contribution >= 0.6 is 0 Å². The molecule has 1 aromatic rings. The van der Waals surface area contributed by atoms with Gasteiger partial charge in [0.25, 0.3) is 0 Å². The highest BCUT2D eigenvalue weighted by molar-refractivity contribution is 5.87. The van der Waals surface area contributed by atoms with E-state index < -0.39 is 5.41 Å². The topological polar surface area (TPSA) is 32.3 Å². The number of aryl methyl sites for hydroxylation is 1. The Morgan fingerprint density at radius 2 is 2.10 bits per heavy atom. The van der Waals surface area contributed by atoms with E-state index in [9.17, 15) is 4.79 Å². The molecule has 1 aliphatic rings. The van der Waals surface area contributed by atoms with Crippen molar-refractivity contribution in [1.29, 1.82) is 0 Å². The number of carbonyl (C=O) groups excluding carboxylic acids is 1. The third-order valence-corrected chi connectivity index (χ3v) is 4.65. The molecule has 0 bridgehead atoms.